The molecule has 0 spiro atoms. The van der Waals surface area contributed by atoms with Crippen LogP contribution < -0.4 is 4.74 Å². The molecule has 0 amide bonds. The van der Waals surface area contributed by atoms with Crippen molar-refractivity contribution in [2.24, 2.45) is 0 Å². The number of hydrogen-bond donors (Lipinski definition) is 0. The first-order valence-corrected chi connectivity index (χ1v) is 6.63. The first-order valence-electron chi connectivity index (χ1n) is 6.63. The maximum Gasteiger partial charge on any atom is 0.145 e. The second kappa shape index (κ2) is 6.58. The van der Waals surface area contributed by atoms with Crippen LogP contribution in [0, 0.1) is 11.3 Å². The highest BCUT2D eigenvalue weighted by molar-refractivity contribution is 5.64. The third kappa shape index (κ3) is 3.49. The van der Waals surface area contributed by atoms with E-state index in [1.807, 2.05) is 48.5 Å². The monoisotopic (exact) mass is 263 g/mol. The van der Waals surface area contributed by atoms with Gasteiger partial charge in [0.15, 0.2) is 0 Å². The zero-order valence-electron chi connectivity index (χ0n) is 11.7. The number of allylic oxidation sites excluding steroid dienone is 1. The second-order valence-electron chi connectivity index (χ2n) is 4.83. The standard InChI is InChI=1S/C18H17NO/c1-14(2)15-8-10-17(11-9-15)20-18(12-13-19)16-6-4-3-5-7-16/h3-12,14H,1-2H3/b18-12-. The number of rotatable bonds is 4. The van der Waals surface area contributed by atoms with Gasteiger partial charge in [0.05, 0.1) is 12.1 Å². The summed E-state index contributed by atoms with van der Waals surface area (Å²) in [5.74, 6) is 1.79. The van der Waals surface area contributed by atoms with Gasteiger partial charge in [-0.05, 0) is 23.6 Å². The van der Waals surface area contributed by atoms with Crippen LogP contribution in [0.25, 0.3) is 5.76 Å². The predicted molar refractivity (Wildman–Crippen MR) is 81.2 cm³/mol. The van der Waals surface area contributed by atoms with E-state index in [4.69, 9.17) is 10.00 Å². The van der Waals surface area contributed by atoms with Gasteiger partial charge in [0.2, 0.25) is 0 Å². The molecule has 2 aromatic carbocycles. The Balaban J connectivity index is 2.22. The van der Waals surface area contributed by atoms with Crippen molar-refractivity contribution in [2.45, 2.75) is 19.8 Å². The normalized spacial score (nSPS) is 11.2. The summed E-state index contributed by atoms with van der Waals surface area (Å²) in [6, 6.07) is 19.6. The molecule has 0 bridgehead atoms. The van der Waals surface area contributed by atoms with Crippen LogP contribution in [-0.4, -0.2) is 0 Å². The van der Waals surface area contributed by atoms with Crippen LogP contribution in [0.3, 0.4) is 0 Å². The van der Waals surface area contributed by atoms with E-state index in [0.717, 1.165) is 11.3 Å². The Bertz CT molecular complexity index is 619. The zero-order valence-corrected chi connectivity index (χ0v) is 11.7. The molecule has 0 saturated carbocycles. The largest absolute Gasteiger partial charge is 0.456 e. The van der Waals surface area contributed by atoms with Crippen molar-refractivity contribution >= 4 is 5.76 Å². The van der Waals surface area contributed by atoms with Gasteiger partial charge in [0.1, 0.15) is 11.5 Å². The molecule has 2 rings (SSSR count). The summed E-state index contributed by atoms with van der Waals surface area (Å²) >= 11 is 0. The molecule has 0 heterocycles. The van der Waals surface area contributed by atoms with Crippen molar-refractivity contribution < 1.29 is 4.74 Å². The van der Waals surface area contributed by atoms with E-state index in [9.17, 15) is 0 Å². The number of ether oxygens (including phenoxy) is 1. The van der Waals surface area contributed by atoms with Crippen molar-refractivity contribution in [3.63, 3.8) is 0 Å². The number of nitriles is 1. The van der Waals surface area contributed by atoms with Gasteiger partial charge in [-0.1, -0.05) is 56.3 Å². The van der Waals surface area contributed by atoms with E-state index in [1.165, 1.54) is 11.6 Å². The third-order valence-corrected chi connectivity index (χ3v) is 3.03. The summed E-state index contributed by atoms with van der Waals surface area (Å²) < 4.78 is 5.81. The van der Waals surface area contributed by atoms with E-state index < -0.39 is 0 Å². The molecule has 0 aliphatic heterocycles. The quantitative estimate of drug-likeness (QED) is 0.589. The van der Waals surface area contributed by atoms with Crippen LogP contribution in [0.15, 0.2) is 60.7 Å². The van der Waals surface area contributed by atoms with Crippen molar-refractivity contribution in [1.82, 2.24) is 0 Å². The van der Waals surface area contributed by atoms with Crippen LogP contribution in [0.2, 0.25) is 0 Å². The van der Waals surface area contributed by atoms with E-state index in [0.29, 0.717) is 11.7 Å². The van der Waals surface area contributed by atoms with Gasteiger partial charge in [-0.3, -0.25) is 0 Å². The first kappa shape index (κ1) is 13.9. The lowest BCUT2D eigenvalue weighted by atomic mass is 10.0. The van der Waals surface area contributed by atoms with Crippen molar-refractivity contribution in [1.29, 1.82) is 5.26 Å². The average Bonchev–Trinajstić information content (AvgIpc) is 2.48. The van der Waals surface area contributed by atoms with Gasteiger partial charge < -0.3 is 4.74 Å². The van der Waals surface area contributed by atoms with Gasteiger partial charge in [-0.25, -0.2) is 0 Å². The maximum absolute atomic E-state index is 8.89. The fraction of sp³-hybridized carbons (Fsp3) is 0.167. The third-order valence-electron chi connectivity index (χ3n) is 3.03. The SMILES string of the molecule is CC(C)c1ccc(O/C(=C\C#N)c2ccccc2)cc1. The first-order chi connectivity index (χ1) is 9.70. The van der Waals surface area contributed by atoms with Gasteiger partial charge in [-0.15, -0.1) is 0 Å². The van der Waals surface area contributed by atoms with Crippen LogP contribution >= 0.6 is 0 Å². The molecule has 2 nitrogen and oxygen atoms in total. The molecule has 0 N–H and O–H groups in total. The van der Waals surface area contributed by atoms with Gasteiger partial charge in [0.25, 0.3) is 0 Å². The summed E-state index contributed by atoms with van der Waals surface area (Å²) in [4.78, 5) is 0. The average molecular weight is 263 g/mol. The maximum atomic E-state index is 8.89. The number of hydrogen-bond acceptors (Lipinski definition) is 2. The minimum atomic E-state index is 0.493. The Kier molecular flexibility index (Phi) is 4.57. The van der Waals surface area contributed by atoms with Crippen molar-refractivity contribution in [3.8, 4) is 11.8 Å². The Morgan fingerprint density at radius 3 is 2.25 bits per heavy atom. The van der Waals surface area contributed by atoms with E-state index in [-0.39, 0.29) is 0 Å². The predicted octanol–water partition coefficient (Wildman–Crippen LogP) is 4.75. The lowest BCUT2D eigenvalue weighted by Gasteiger charge is -2.11. The molecule has 0 aromatic heterocycles. The van der Waals surface area contributed by atoms with E-state index in [1.54, 1.807) is 0 Å². The minimum absolute atomic E-state index is 0.493. The minimum Gasteiger partial charge on any atom is -0.456 e. The molecular formula is C18H17NO. The summed E-state index contributed by atoms with van der Waals surface area (Å²) in [6.07, 6.45) is 1.42. The van der Waals surface area contributed by atoms with Crippen molar-refractivity contribution in [3.05, 3.63) is 71.8 Å². The zero-order chi connectivity index (χ0) is 14.4. The van der Waals surface area contributed by atoms with Crippen molar-refractivity contribution in [2.75, 3.05) is 0 Å². The second-order valence-corrected chi connectivity index (χ2v) is 4.83. The molecule has 0 aliphatic carbocycles. The smallest absolute Gasteiger partial charge is 0.145 e. The molecular weight excluding hydrogens is 246 g/mol. The van der Waals surface area contributed by atoms with Gasteiger partial charge in [0, 0.05) is 5.56 Å². The summed E-state index contributed by atoms with van der Waals surface area (Å²) in [7, 11) is 0. The fourth-order valence-electron chi connectivity index (χ4n) is 1.88. The van der Waals surface area contributed by atoms with E-state index in [2.05, 4.69) is 26.0 Å². The molecule has 0 aliphatic rings. The molecule has 0 atom stereocenters. The molecule has 0 saturated heterocycles. The molecule has 100 valence electrons. The Labute approximate surface area is 119 Å². The molecule has 2 heteroatoms. The Morgan fingerprint density at radius 2 is 1.70 bits per heavy atom. The summed E-state index contributed by atoms with van der Waals surface area (Å²) in [5.41, 5.74) is 2.16. The highest BCUT2D eigenvalue weighted by Crippen LogP contribution is 2.23. The number of nitrogens with zero attached hydrogens (tertiary/aromatic N) is 1. The molecule has 0 radical (unpaired) electrons. The van der Waals surface area contributed by atoms with Crippen LogP contribution in [0.5, 0.6) is 5.75 Å². The molecule has 0 fully saturated rings. The summed E-state index contributed by atoms with van der Waals surface area (Å²) in [5, 5.41) is 8.89. The fourth-order valence-corrected chi connectivity index (χ4v) is 1.88. The molecule has 2 aromatic rings. The van der Waals surface area contributed by atoms with E-state index >= 15 is 0 Å². The Hall–Kier alpha value is -2.53. The van der Waals surface area contributed by atoms with Crippen LogP contribution in [0.1, 0.15) is 30.9 Å². The van der Waals surface area contributed by atoms with Crippen LogP contribution in [-0.2, 0) is 0 Å². The topological polar surface area (TPSA) is 33.0 Å². The number of benzene rings is 2. The highest BCUT2D eigenvalue weighted by atomic mass is 16.5. The summed E-state index contributed by atoms with van der Waals surface area (Å²) in [6.45, 7) is 4.31. The van der Waals surface area contributed by atoms with Crippen LogP contribution in [0.4, 0.5) is 0 Å². The lowest BCUT2D eigenvalue weighted by molar-refractivity contribution is 0.515. The lowest BCUT2D eigenvalue weighted by Crippen LogP contribution is -1.95. The molecule has 0 unspecified atom stereocenters. The van der Waals surface area contributed by atoms with Gasteiger partial charge in [-0.2, -0.15) is 5.26 Å². The molecule has 20 heavy (non-hydrogen) atoms. The van der Waals surface area contributed by atoms with Gasteiger partial charge >= 0.3 is 0 Å². The Morgan fingerprint density at radius 1 is 1.05 bits per heavy atom. The highest BCUT2D eigenvalue weighted by Gasteiger charge is 2.05.